The van der Waals surface area contributed by atoms with Crippen molar-refractivity contribution in [2.24, 2.45) is 0 Å². The van der Waals surface area contributed by atoms with E-state index in [1.54, 1.807) is 0 Å². The molecule has 0 radical (unpaired) electrons. The molecule has 2 rings (SSSR count). The lowest BCUT2D eigenvalue weighted by molar-refractivity contribution is -0.122. The van der Waals surface area contributed by atoms with Crippen LogP contribution in [0.2, 0.25) is 0 Å². The Morgan fingerprint density at radius 1 is 1.50 bits per heavy atom. The molecule has 1 heterocycles. The van der Waals surface area contributed by atoms with Crippen molar-refractivity contribution in [3.63, 3.8) is 0 Å². The van der Waals surface area contributed by atoms with Crippen molar-refractivity contribution in [3.8, 4) is 0 Å². The van der Waals surface area contributed by atoms with Gasteiger partial charge in [-0.05, 0) is 25.5 Å². The first-order valence-electron chi connectivity index (χ1n) is 6.40. The minimum atomic E-state index is -0.0831. The number of hydrogen-bond donors (Lipinski definition) is 2. The molecule has 0 aliphatic carbocycles. The van der Waals surface area contributed by atoms with E-state index in [0.717, 1.165) is 11.3 Å². The topological polar surface area (TPSA) is 50.4 Å². The molecule has 0 saturated heterocycles. The number of rotatable bonds is 5. The molecule has 18 heavy (non-hydrogen) atoms. The summed E-state index contributed by atoms with van der Waals surface area (Å²) in [6, 6.07) is 7.95. The van der Waals surface area contributed by atoms with Crippen LogP contribution in [0.15, 0.2) is 24.3 Å². The molecule has 0 spiro atoms. The highest BCUT2D eigenvalue weighted by atomic mass is 16.5. The molecule has 1 unspecified atom stereocenters. The summed E-state index contributed by atoms with van der Waals surface area (Å²) in [5.74, 6) is -0.0138. The van der Waals surface area contributed by atoms with E-state index in [1.165, 1.54) is 0 Å². The first kappa shape index (κ1) is 12.9. The SMILES string of the molecule is CC(C)OCCNC(=O)C1CNc2ccccc21. The lowest BCUT2D eigenvalue weighted by atomic mass is 10.0. The number of anilines is 1. The van der Waals surface area contributed by atoms with E-state index < -0.39 is 0 Å². The molecule has 1 aromatic carbocycles. The Morgan fingerprint density at radius 3 is 3.06 bits per heavy atom. The fraction of sp³-hybridized carbons (Fsp3) is 0.500. The van der Waals surface area contributed by atoms with Crippen LogP contribution in [0.5, 0.6) is 0 Å². The smallest absolute Gasteiger partial charge is 0.229 e. The zero-order chi connectivity index (χ0) is 13.0. The van der Waals surface area contributed by atoms with E-state index in [2.05, 4.69) is 10.6 Å². The Hall–Kier alpha value is -1.55. The number of carbonyl (C=O) groups excluding carboxylic acids is 1. The van der Waals surface area contributed by atoms with Crippen molar-refractivity contribution in [2.45, 2.75) is 25.9 Å². The third kappa shape index (κ3) is 3.01. The molecule has 1 aliphatic heterocycles. The molecule has 4 heteroatoms. The largest absolute Gasteiger partial charge is 0.384 e. The van der Waals surface area contributed by atoms with Crippen molar-refractivity contribution >= 4 is 11.6 Å². The van der Waals surface area contributed by atoms with Crippen LogP contribution in [-0.4, -0.2) is 31.7 Å². The number of hydrogen-bond acceptors (Lipinski definition) is 3. The van der Waals surface area contributed by atoms with Crippen molar-refractivity contribution in [3.05, 3.63) is 29.8 Å². The van der Waals surface area contributed by atoms with E-state index in [0.29, 0.717) is 19.7 Å². The van der Waals surface area contributed by atoms with E-state index in [-0.39, 0.29) is 17.9 Å². The molecule has 4 nitrogen and oxygen atoms in total. The van der Waals surface area contributed by atoms with Crippen LogP contribution >= 0.6 is 0 Å². The molecular formula is C14H20N2O2. The Morgan fingerprint density at radius 2 is 2.28 bits per heavy atom. The Bertz CT molecular complexity index is 418. The summed E-state index contributed by atoms with van der Waals surface area (Å²) in [6.45, 7) is 5.77. The maximum absolute atomic E-state index is 12.0. The molecule has 0 aromatic heterocycles. The van der Waals surface area contributed by atoms with Crippen molar-refractivity contribution < 1.29 is 9.53 Å². The Labute approximate surface area is 108 Å². The molecule has 2 N–H and O–H groups in total. The van der Waals surface area contributed by atoms with Gasteiger partial charge in [0.1, 0.15) is 0 Å². The van der Waals surface area contributed by atoms with Gasteiger partial charge < -0.3 is 15.4 Å². The number of benzene rings is 1. The van der Waals surface area contributed by atoms with Gasteiger partial charge in [-0.25, -0.2) is 0 Å². The number of carbonyl (C=O) groups is 1. The van der Waals surface area contributed by atoms with E-state index in [4.69, 9.17) is 4.74 Å². The maximum atomic E-state index is 12.0. The summed E-state index contributed by atoms with van der Waals surface area (Å²) in [7, 11) is 0. The van der Waals surface area contributed by atoms with E-state index in [9.17, 15) is 4.79 Å². The first-order valence-corrected chi connectivity index (χ1v) is 6.40. The van der Waals surface area contributed by atoms with Crippen LogP contribution in [0, 0.1) is 0 Å². The molecule has 98 valence electrons. The second-order valence-electron chi connectivity index (χ2n) is 4.73. The molecule has 1 atom stereocenters. The quantitative estimate of drug-likeness (QED) is 0.780. The summed E-state index contributed by atoms with van der Waals surface area (Å²) in [4.78, 5) is 12.0. The predicted octanol–water partition coefficient (Wildman–Crippen LogP) is 1.74. The first-order chi connectivity index (χ1) is 8.68. The van der Waals surface area contributed by atoms with Gasteiger partial charge in [0.25, 0.3) is 0 Å². The van der Waals surface area contributed by atoms with Crippen molar-refractivity contribution in [2.75, 3.05) is 25.0 Å². The normalized spacial score (nSPS) is 17.4. The highest BCUT2D eigenvalue weighted by Crippen LogP contribution is 2.30. The fourth-order valence-electron chi connectivity index (χ4n) is 2.11. The van der Waals surface area contributed by atoms with Crippen LogP contribution in [0.4, 0.5) is 5.69 Å². The highest BCUT2D eigenvalue weighted by Gasteiger charge is 2.27. The van der Waals surface area contributed by atoms with Gasteiger partial charge in [-0.3, -0.25) is 4.79 Å². The average Bonchev–Trinajstić information content (AvgIpc) is 2.78. The number of amides is 1. The van der Waals surface area contributed by atoms with Crippen LogP contribution in [0.3, 0.4) is 0 Å². The zero-order valence-electron chi connectivity index (χ0n) is 10.9. The van der Waals surface area contributed by atoms with Gasteiger partial charge in [-0.1, -0.05) is 18.2 Å². The monoisotopic (exact) mass is 248 g/mol. The van der Waals surface area contributed by atoms with E-state index in [1.807, 2.05) is 38.1 Å². The summed E-state index contributed by atoms with van der Waals surface area (Å²) in [6.07, 6.45) is 0.204. The van der Waals surface area contributed by atoms with Gasteiger partial charge in [-0.2, -0.15) is 0 Å². The number of ether oxygens (including phenoxy) is 1. The fourth-order valence-corrected chi connectivity index (χ4v) is 2.11. The van der Waals surface area contributed by atoms with Gasteiger partial charge in [0, 0.05) is 18.8 Å². The maximum Gasteiger partial charge on any atom is 0.229 e. The molecule has 1 amide bonds. The van der Waals surface area contributed by atoms with Crippen LogP contribution in [0.25, 0.3) is 0 Å². The third-order valence-electron chi connectivity index (χ3n) is 3.00. The van der Waals surface area contributed by atoms with Gasteiger partial charge in [0.05, 0.1) is 18.6 Å². The minimum Gasteiger partial charge on any atom is -0.384 e. The molecule has 0 fully saturated rings. The molecule has 0 bridgehead atoms. The molecular weight excluding hydrogens is 228 g/mol. The van der Waals surface area contributed by atoms with Crippen LogP contribution in [-0.2, 0) is 9.53 Å². The minimum absolute atomic E-state index is 0.0693. The zero-order valence-corrected chi connectivity index (χ0v) is 10.9. The van der Waals surface area contributed by atoms with Gasteiger partial charge in [0.2, 0.25) is 5.91 Å². The number of para-hydroxylation sites is 1. The second kappa shape index (κ2) is 5.87. The summed E-state index contributed by atoms with van der Waals surface area (Å²) >= 11 is 0. The summed E-state index contributed by atoms with van der Waals surface area (Å²) < 4.78 is 5.39. The number of nitrogens with one attached hydrogen (secondary N) is 2. The van der Waals surface area contributed by atoms with Gasteiger partial charge >= 0.3 is 0 Å². The Balaban J connectivity index is 1.84. The van der Waals surface area contributed by atoms with Crippen molar-refractivity contribution in [1.29, 1.82) is 0 Å². The Kier molecular flexibility index (Phi) is 4.20. The lowest BCUT2D eigenvalue weighted by Crippen LogP contribution is -2.33. The third-order valence-corrected chi connectivity index (χ3v) is 3.00. The summed E-state index contributed by atoms with van der Waals surface area (Å²) in [5.41, 5.74) is 2.15. The second-order valence-corrected chi connectivity index (χ2v) is 4.73. The van der Waals surface area contributed by atoms with Gasteiger partial charge in [0.15, 0.2) is 0 Å². The standard InChI is InChI=1S/C14H20N2O2/c1-10(2)18-8-7-15-14(17)12-9-16-13-6-4-3-5-11(12)13/h3-6,10,12,16H,7-9H2,1-2H3,(H,15,17). The van der Waals surface area contributed by atoms with Gasteiger partial charge in [-0.15, -0.1) is 0 Å². The van der Waals surface area contributed by atoms with Crippen LogP contribution in [0.1, 0.15) is 25.3 Å². The van der Waals surface area contributed by atoms with Crippen LogP contribution < -0.4 is 10.6 Å². The van der Waals surface area contributed by atoms with E-state index >= 15 is 0 Å². The summed E-state index contributed by atoms with van der Waals surface area (Å²) in [5, 5.41) is 6.16. The molecule has 1 aromatic rings. The number of fused-ring (bicyclic) bond motifs is 1. The van der Waals surface area contributed by atoms with Crippen molar-refractivity contribution in [1.82, 2.24) is 5.32 Å². The molecule has 0 saturated carbocycles. The molecule has 1 aliphatic rings. The lowest BCUT2D eigenvalue weighted by Gasteiger charge is -2.12. The predicted molar refractivity (Wildman–Crippen MR) is 71.8 cm³/mol. The highest BCUT2D eigenvalue weighted by molar-refractivity contribution is 5.88. The average molecular weight is 248 g/mol.